The van der Waals surface area contributed by atoms with Crippen LogP contribution in [-0.4, -0.2) is 50.1 Å². The van der Waals surface area contributed by atoms with E-state index in [1.807, 2.05) is 0 Å². The molecule has 24 heavy (non-hydrogen) atoms. The molecular formula is C15H26N4O3S2. The maximum atomic E-state index is 12.4. The van der Waals surface area contributed by atoms with Crippen molar-refractivity contribution in [3.63, 3.8) is 0 Å². The molecule has 2 unspecified atom stereocenters. The van der Waals surface area contributed by atoms with E-state index in [-0.39, 0.29) is 11.6 Å². The molecule has 0 aliphatic carbocycles. The molecule has 1 heterocycles. The minimum atomic E-state index is -2.91. The van der Waals surface area contributed by atoms with Gasteiger partial charge in [-0.1, -0.05) is 12.1 Å². The Morgan fingerprint density at radius 3 is 2.33 bits per heavy atom. The Balaban J connectivity index is 1.86. The summed E-state index contributed by atoms with van der Waals surface area (Å²) in [5.41, 5.74) is -0.110. The third-order valence-corrected chi connectivity index (χ3v) is 6.92. The van der Waals surface area contributed by atoms with Crippen LogP contribution in [0.4, 0.5) is 0 Å². The second kappa shape index (κ2) is 7.49. The molecule has 1 aromatic rings. The molecule has 5 N–H and O–H groups in total. The molecule has 1 aromatic carbocycles. The van der Waals surface area contributed by atoms with Gasteiger partial charge in [0, 0.05) is 17.7 Å². The predicted octanol–water partition coefficient (Wildman–Crippen LogP) is 0.930. The van der Waals surface area contributed by atoms with E-state index in [9.17, 15) is 13.5 Å². The summed E-state index contributed by atoms with van der Waals surface area (Å²) in [6.45, 7) is 1.80. The molecule has 1 aliphatic heterocycles. The summed E-state index contributed by atoms with van der Waals surface area (Å²) >= 11 is 0. The Hall–Kier alpha value is -1.00. The normalized spacial score (nSPS) is 22.4. The van der Waals surface area contributed by atoms with Crippen LogP contribution in [0.15, 0.2) is 29.2 Å². The van der Waals surface area contributed by atoms with Crippen molar-refractivity contribution in [3.8, 4) is 0 Å². The first-order valence-corrected chi connectivity index (χ1v) is 11.7. The number of hydrogen-bond donors (Lipinski definition) is 5. The van der Waals surface area contributed by atoms with Crippen LogP contribution < -0.4 is 10.6 Å². The molecule has 2 atom stereocenters. The Morgan fingerprint density at radius 1 is 1.21 bits per heavy atom. The Labute approximate surface area is 144 Å². The van der Waals surface area contributed by atoms with Gasteiger partial charge in [0.1, 0.15) is 0 Å². The predicted molar refractivity (Wildman–Crippen MR) is 96.0 cm³/mol. The molecule has 0 aromatic heterocycles. The first-order chi connectivity index (χ1) is 11.1. The van der Waals surface area contributed by atoms with Gasteiger partial charge in [-0.25, -0.2) is 13.2 Å². The van der Waals surface area contributed by atoms with Crippen LogP contribution in [-0.2, 0) is 26.0 Å². The maximum Gasteiger partial charge on any atom is 0.0807 e. The lowest BCUT2D eigenvalue weighted by atomic mass is 9.95. The van der Waals surface area contributed by atoms with Crippen molar-refractivity contribution in [2.75, 3.05) is 31.0 Å². The number of hydrogen-bond acceptors (Lipinski definition) is 7. The van der Waals surface area contributed by atoms with Gasteiger partial charge in [0.05, 0.1) is 36.7 Å². The van der Waals surface area contributed by atoms with E-state index in [0.717, 1.165) is 5.56 Å². The second-order valence-corrected chi connectivity index (χ2v) is 10.8. The fourth-order valence-corrected chi connectivity index (χ4v) is 5.09. The molecule has 0 radical (unpaired) electrons. The van der Waals surface area contributed by atoms with Crippen LogP contribution in [0.3, 0.4) is 0 Å². The summed E-state index contributed by atoms with van der Waals surface area (Å²) in [6, 6.07) is 6.85. The molecule has 0 bridgehead atoms. The van der Waals surface area contributed by atoms with Gasteiger partial charge >= 0.3 is 0 Å². The molecule has 9 heteroatoms. The number of benzene rings is 1. The van der Waals surface area contributed by atoms with Crippen LogP contribution in [0.2, 0.25) is 0 Å². The van der Waals surface area contributed by atoms with Crippen LogP contribution in [0.25, 0.3) is 0 Å². The van der Waals surface area contributed by atoms with Gasteiger partial charge < -0.3 is 15.7 Å². The average Bonchev–Trinajstić information content (AvgIpc) is 2.46. The summed E-state index contributed by atoms with van der Waals surface area (Å²) in [5, 5.41) is 16.6. The largest absolute Gasteiger partial charge is 0.389 e. The minimum absolute atomic E-state index is 0.00957. The average molecular weight is 375 g/mol. The van der Waals surface area contributed by atoms with Crippen molar-refractivity contribution in [1.82, 2.24) is 10.6 Å². The van der Waals surface area contributed by atoms with Crippen molar-refractivity contribution >= 4 is 19.5 Å². The van der Waals surface area contributed by atoms with Gasteiger partial charge in [0.25, 0.3) is 0 Å². The second-order valence-electron chi connectivity index (χ2n) is 6.49. The number of rotatable bonds is 7. The van der Waals surface area contributed by atoms with Crippen LogP contribution in [0.1, 0.15) is 18.4 Å². The summed E-state index contributed by atoms with van der Waals surface area (Å²) in [6.07, 6.45) is 2.42. The highest BCUT2D eigenvalue weighted by Gasteiger charge is 2.32. The quantitative estimate of drug-likeness (QED) is 0.485. The SMILES string of the molecule is CS(=N)(=O)c1ccc(CNCS(=N)(=O)CC2(O)CCNCC2)cc1. The molecule has 1 aliphatic rings. The van der Waals surface area contributed by atoms with E-state index >= 15 is 0 Å². The van der Waals surface area contributed by atoms with Gasteiger partial charge in [-0.15, -0.1) is 0 Å². The van der Waals surface area contributed by atoms with Gasteiger partial charge in [-0.05, 0) is 43.6 Å². The Morgan fingerprint density at radius 2 is 1.79 bits per heavy atom. The molecular weight excluding hydrogens is 348 g/mol. The van der Waals surface area contributed by atoms with Crippen molar-refractivity contribution in [3.05, 3.63) is 29.8 Å². The third kappa shape index (κ3) is 5.82. The summed E-state index contributed by atoms with van der Waals surface area (Å²) in [5.74, 6) is 0.0117. The lowest BCUT2D eigenvalue weighted by molar-refractivity contribution is 0.0327. The smallest absolute Gasteiger partial charge is 0.0807 e. The van der Waals surface area contributed by atoms with E-state index in [1.165, 1.54) is 6.26 Å². The first kappa shape index (κ1) is 19.3. The van der Waals surface area contributed by atoms with Crippen molar-refractivity contribution in [1.29, 1.82) is 9.56 Å². The van der Waals surface area contributed by atoms with Gasteiger partial charge in [0.15, 0.2) is 0 Å². The minimum Gasteiger partial charge on any atom is -0.389 e. The van der Waals surface area contributed by atoms with Gasteiger partial charge in [0.2, 0.25) is 0 Å². The van der Waals surface area contributed by atoms with Crippen molar-refractivity contribution in [2.45, 2.75) is 29.9 Å². The zero-order chi connectivity index (χ0) is 17.8. The lowest BCUT2D eigenvalue weighted by Gasteiger charge is -2.33. The highest BCUT2D eigenvalue weighted by Crippen LogP contribution is 2.20. The van der Waals surface area contributed by atoms with E-state index in [1.54, 1.807) is 24.3 Å². The zero-order valence-electron chi connectivity index (χ0n) is 13.8. The fourth-order valence-electron chi connectivity index (χ4n) is 2.75. The van der Waals surface area contributed by atoms with Crippen molar-refractivity contribution < 1.29 is 13.5 Å². The molecule has 136 valence electrons. The fraction of sp³-hybridized carbons (Fsp3) is 0.600. The molecule has 0 amide bonds. The standard InChI is InChI=1S/C15H26N4O3S2/c1-23(16,21)14-4-2-13(3-5-14)10-19-12-24(17,22)11-15(20)6-8-18-9-7-15/h2-5,16-20H,6-12H2,1H3. The number of piperidine rings is 1. The molecule has 1 saturated heterocycles. The first-order valence-electron chi connectivity index (χ1n) is 7.80. The van der Waals surface area contributed by atoms with Gasteiger partial charge in [-0.2, -0.15) is 0 Å². The third-order valence-electron chi connectivity index (χ3n) is 4.07. The molecule has 0 spiro atoms. The van der Waals surface area contributed by atoms with Crippen LogP contribution in [0, 0.1) is 9.56 Å². The highest BCUT2D eigenvalue weighted by molar-refractivity contribution is 7.92. The van der Waals surface area contributed by atoms with E-state index in [2.05, 4.69) is 10.6 Å². The zero-order valence-corrected chi connectivity index (χ0v) is 15.5. The number of aliphatic hydroxyl groups is 1. The van der Waals surface area contributed by atoms with Crippen molar-refractivity contribution in [2.24, 2.45) is 0 Å². The van der Waals surface area contributed by atoms with E-state index in [0.29, 0.717) is 37.4 Å². The van der Waals surface area contributed by atoms with Crippen LogP contribution >= 0.6 is 0 Å². The van der Waals surface area contributed by atoms with Crippen LogP contribution in [0.5, 0.6) is 0 Å². The molecule has 2 rings (SSSR count). The Kier molecular flexibility index (Phi) is 6.03. The van der Waals surface area contributed by atoms with E-state index < -0.39 is 25.1 Å². The highest BCUT2D eigenvalue weighted by atomic mass is 32.2. The van der Waals surface area contributed by atoms with Gasteiger partial charge in [-0.3, -0.25) is 4.78 Å². The topological polar surface area (TPSA) is 126 Å². The van der Waals surface area contributed by atoms with E-state index in [4.69, 9.17) is 9.56 Å². The summed E-state index contributed by atoms with van der Waals surface area (Å²) < 4.78 is 39.5. The summed E-state index contributed by atoms with van der Waals surface area (Å²) in [4.78, 5) is 0.476. The Bertz CT molecular complexity index is 752. The molecule has 7 nitrogen and oxygen atoms in total. The number of nitrogens with one attached hydrogen (secondary N) is 4. The summed E-state index contributed by atoms with van der Waals surface area (Å²) in [7, 11) is -5.62. The molecule has 1 fully saturated rings. The monoisotopic (exact) mass is 374 g/mol. The maximum absolute atomic E-state index is 12.4. The lowest BCUT2D eigenvalue weighted by Crippen LogP contribution is -2.47. The molecule has 0 saturated carbocycles.